The minimum Gasteiger partial charge on any atom is -0.480 e. The molecular weight excluding hydrogens is 332 g/mol. The van der Waals surface area contributed by atoms with Crippen LogP contribution in [0.1, 0.15) is 13.8 Å². The maximum absolute atomic E-state index is 11.8. The molecule has 1 atom stereocenters. The number of carbonyl (C=O) groups is 2. The van der Waals surface area contributed by atoms with Crippen LogP contribution < -0.4 is 5.32 Å². The quantitative estimate of drug-likeness (QED) is 0.446. The lowest BCUT2D eigenvalue weighted by Gasteiger charge is -2.17. The van der Waals surface area contributed by atoms with Gasteiger partial charge in [-0.2, -0.15) is 0 Å². The molecule has 1 amide bonds. The third kappa shape index (κ3) is 5.19. The molecule has 0 radical (unpaired) electrons. The van der Waals surface area contributed by atoms with Crippen LogP contribution in [-0.2, 0) is 9.59 Å². The monoisotopic (exact) mass is 346 g/mol. The van der Waals surface area contributed by atoms with Gasteiger partial charge in [0, 0.05) is 11.1 Å². The average molecular weight is 347 g/mol. The van der Waals surface area contributed by atoms with Crippen LogP contribution in [0.3, 0.4) is 0 Å². The van der Waals surface area contributed by atoms with Crippen molar-refractivity contribution in [2.24, 2.45) is 5.92 Å². The van der Waals surface area contributed by atoms with E-state index in [2.05, 4.69) is 5.32 Å². The Balaban J connectivity index is 2.72. The van der Waals surface area contributed by atoms with Crippen LogP contribution >= 0.6 is 23.4 Å². The number of nitrogens with one attached hydrogen (secondary N) is 1. The molecule has 0 saturated carbocycles. The predicted molar refractivity (Wildman–Crippen MR) is 83.2 cm³/mol. The lowest BCUT2D eigenvalue weighted by Crippen LogP contribution is -2.45. The van der Waals surface area contributed by atoms with Crippen LogP contribution in [0.5, 0.6) is 0 Å². The number of hydrogen-bond donors (Lipinski definition) is 2. The van der Waals surface area contributed by atoms with E-state index in [9.17, 15) is 19.7 Å². The van der Waals surface area contributed by atoms with Gasteiger partial charge in [-0.25, -0.2) is 4.79 Å². The summed E-state index contributed by atoms with van der Waals surface area (Å²) in [5.41, 5.74) is -0.191. The molecule has 0 unspecified atom stereocenters. The summed E-state index contributed by atoms with van der Waals surface area (Å²) >= 11 is 6.66. The SMILES string of the molecule is CC(C)[C@@H](NC(=O)CSc1ccc(Cl)cc1[N+](=O)[O-])C(=O)O. The van der Waals surface area contributed by atoms with E-state index in [1.54, 1.807) is 13.8 Å². The van der Waals surface area contributed by atoms with E-state index in [1.165, 1.54) is 18.2 Å². The highest BCUT2D eigenvalue weighted by Crippen LogP contribution is 2.31. The number of hydrogen-bond acceptors (Lipinski definition) is 5. The van der Waals surface area contributed by atoms with E-state index >= 15 is 0 Å². The highest BCUT2D eigenvalue weighted by Gasteiger charge is 2.24. The topological polar surface area (TPSA) is 110 Å². The molecule has 0 aromatic heterocycles. The zero-order chi connectivity index (χ0) is 16.9. The molecule has 1 aromatic carbocycles. The Labute approximate surface area is 136 Å². The number of benzene rings is 1. The van der Waals surface area contributed by atoms with Crippen molar-refractivity contribution in [1.82, 2.24) is 5.32 Å². The fourth-order valence-electron chi connectivity index (χ4n) is 1.63. The molecule has 22 heavy (non-hydrogen) atoms. The smallest absolute Gasteiger partial charge is 0.326 e. The Bertz CT molecular complexity index is 594. The molecule has 0 aliphatic carbocycles. The first-order valence-corrected chi connectivity index (χ1v) is 7.67. The molecule has 0 aliphatic heterocycles. The Morgan fingerprint density at radius 3 is 2.59 bits per heavy atom. The molecule has 0 heterocycles. The van der Waals surface area contributed by atoms with Crippen LogP contribution in [0.4, 0.5) is 5.69 Å². The van der Waals surface area contributed by atoms with Crippen LogP contribution in [0.2, 0.25) is 5.02 Å². The Hall–Kier alpha value is -1.80. The summed E-state index contributed by atoms with van der Waals surface area (Å²) in [7, 11) is 0. The maximum atomic E-state index is 11.8. The van der Waals surface area contributed by atoms with Gasteiger partial charge in [-0.3, -0.25) is 14.9 Å². The largest absolute Gasteiger partial charge is 0.480 e. The first kappa shape index (κ1) is 18.2. The van der Waals surface area contributed by atoms with E-state index in [-0.39, 0.29) is 22.4 Å². The minimum absolute atomic E-state index is 0.126. The third-order valence-electron chi connectivity index (χ3n) is 2.73. The van der Waals surface area contributed by atoms with Crippen molar-refractivity contribution in [3.8, 4) is 0 Å². The molecule has 120 valence electrons. The first-order chi connectivity index (χ1) is 10.2. The van der Waals surface area contributed by atoms with Crippen molar-refractivity contribution < 1.29 is 19.6 Å². The second-order valence-corrected chi connectivity index (χ2v) is 6.24. The zero-order valence-corrected chi connectivity index (χ0v) is 13.5. The summed E-state index contributed by atoms with van der Waals surface area (Å²) in [5, 5.41) is 22.5. The number of halogens is 1. The lowest BCUT2D eigenvalue weighted by atomic mass is 10.1. The van der Waals surface area contributed by atoms with Gasteiger partial charge in [0.25, 0.3) is 5.69 Å². The predicted octanol–water partition coefficient (Wildman–Crippen LogP) is 2.57. The fourth-order valence-corrected chi connectivity index (χ4v) is 2.61. The number of carboxylic acids is 1. The molecule has 7 nitrogen and oxygen atoms in total. The standard InChI is InChI=1S/C13H15ClN2O5S/c1-7(2)12(13(18)19)15-11(17)6-22-10-4-3-8(14)5-9(10)16(20)21/h3-5,7,12H,6H2,1-2H3,(H,15,17)(H,18,19)/t12-/m1/s1. The number of nitro benzene ring substituents is 1. The van der Waals surface area contributed by atoms with Gasteiger partial charge in [0.05, 0.1) is 15.6 Å². The Morgan fingerprint density at radius 2 is 2.09 bits per heavy atom. The normalized spacial score (nSPS) is 12.0. The number of rotatable bonds is 7. The zero-order valence-electron chi connectivity index (χ0n) is 11.9. The van der Waals surface area contributed by atoms with Crippen molar-refractivity contribution in [1.29, 1.82) is 0 Å². The number of carboxylic acid groups (broad SMARTS) is 1. The van der Waals surface area contributed by atoms with Gasteiger partial charge in [0.1, 0.15) is 6.04 Å². The van der Waals surface area contributed by atoms with Gasteiger partial charge < -0.3 is 10.4 Å². The van der Waals surface area contributed by atoms with Crippen molar-refractivity contribution in [2.45, 2.75) is 24.8 Å². The van der Waals surface area contributed by atoms with Crippen LogP contribution in [0.15, 0.2) is 23.1 Å². The second-order valence-electron chi connectivity index (χ2n) is 4.79. The number of nitro groups is 1. The van der Waals surface area contributed by atoms with Crippen LogP contribution in [0, 0.1) is 16.0 Å². The highest BCUT2D eigenvalue weighted by atomic mass is 35.5. The van der Waals surface area contributed by atoms with E-state index in [0.29, 0.717) is 4.90 Å². The van der Waals surface area contributed by atoms with Gasteiger partial charge in [-0.05, 0) is 18.1 Å². The van der Waals surface area contributed by atoms with Crippen molar-refractivity contribution in [2.75, 3.05) is 5.75 Å². The molecule has 0 bridgehead atoms. The summed E-state index contributed by atoms with van der Waals surface area (Å²) in [6.45, 7) is 3.35. The summed E-state index contributed by atoms with van der Waals surface area (Å²) < 4.78 is 0. The van der Waals surface area contributed by atoms with E-state index < -0.39 is 22.8 Å². The highest BCUT2D eigenvalue weighted by molar-refractivity contribution is 8.00. The third-order valence-corrected chi connectivity index (χ3v) is 4.02. The molecular formula is C13H15ClN2O5S. The lowest BCUT2D eigenvalue weighted by molar-refractivity contribution is -0.387. The van der Waals surface area contributed by atoms with E-state index in [4.69, 9.17) is 16.7 Å². The molecule has 1 rings (SSSR count). The Kier molecular flexibility index (Phi) is 6.63. The van der Waals surface area contributed by atoms with Crippen molar-refractivity contribution >= 4 is 40.9 Å². The number of thioether (sulfide) groups is 1. The van der Waals surface area contributed by atoms with Gasteiger partial charge in [-0.1, -0.05) is 25.4 Å². The average Bonchev–Trinajstić information content (AvgIpc) is 2.42. The summed E-state index contributed by atoms with van der Waals surface area (Å²) in [4.78, 5) is 33.4. The molecule has 0 saturated heterocycles. The molecule has 2 N–H and O–H groups in total. The van der Waals surface area contributed by atoms with Crippen LogP contribution in [-0.4, -0.2) is 33.7 Å². The summed E-state index contributed by atoms with van der Waals surface area (Å²) in [6, 6.07) is 3.15. The minimum atomic E-state index is -1.12. The molecule has 9 heteroatoms. The Morgan fingerprint density at radius 1 is 1.45 bits per heavy atom. The fraction of sp³-hybridized carbons (Fsp3) is 0.385. The van der Waals surface area contributed by atoms with Crippen molar-refractivity contribution in [3.05, 3.63) is 33.3 Å². The number of amides is 1. The molecule has 0 spiro atoms. The maximum Gasteiger partial charge on any atom is 0.326 e. The number of carbonyl (C=O) groups excluding carboxylic acids is 1. The summed E-state index contributed by atoms with van der Waals surface area (Å²) in [5.74, 6) is -2.02. The van der Waals surface area contributed by atoms with Crippen LogP contribution in [0.25, 0.3) is 0 Å². The molecule has 0 fully saturated rings. The number of nitrogens with zero attached hydrogens (tertiary/aromatic N) is 1. The molecule has 1 aromatic rings. The van der Waals surface area contributed by atoms with Gasteiger partial charge in [0.2, 0.25) is 5.91 Å². The van der Waals surface area contributed by atoms with Gasteiger partial charge in [-0.15, -0.1) is 11.8 Å². The second kappa shape index (κ2) is 8.00. The van der Waals surface area contributed by atoms with Crippen molar-refractivity contribution in [3.63, 3.8) is 0 Å². The van der Waals surface area contributed by atoms with E-state index in [0.717, 1.165) is 11.8 Å². The molecule has 0 aliphatic rings. The summed E-state index contributed by atoms with van der Waals surface area (Å²) in [6.07, 6.45) is 0. The van der Waals surface area contributed by atoms with E-state index in [1.807, 2.05) is 0 Å². The van der Waals surface area contributed by atoms with Gasteiger partial charge >= 0.3 is 5.97 Å². The first-order valence-electron chi connectivity index (χ1n) is 6.31. The van der Waals surface area contributed by atoms with Gasteiger partial charge in [0.15, 0.2) is 0 Å². The number of aliphatic carboxylic acids is 1.